The number of carboxylic acid groups (broad SMARTS) is 1. The Labute approximate surface area is 120 Å². The van der Waals surface area contributed by atoms with Crippen LogP contribution in [-0.2, 0) is 4.79 Å². The number of aliphatic hydroxyl groups excluding tert-OH is 1. The number of nitrogens with one attached hydrogen (secondary N) is 1. The Morgan fingerprint density at radius 1 is 1.30 bits per heavy atom. The molecular formula is C14H26N2O4. The highest BCUT2D eigenvalue weighted by atomic mass is 16.4. The average molecular weight is 286 g/mol. The summed E-state index contributed by atoms with van der Waals surface area (Å²) >= 11 is 0. The number of carbonyl (C=O) groups is 2. The molecule has 1 saturated heterocycles. The highest BCUT2D eigenvalue weighted by molar-refractivity contribution is 5.82. The Hall–Kier alpha value is -1.30. The van der Waals surface area contributed by atoms with Gasteiger partial charge in [-0.15, -0.1) is 0 Å². The van der Waals surface area contributed by atoms with Gasteiger partial charge in [-0.3, -0.25) is 0 Å². The third-order valence-corrected chi connectivity index (χ3v) is 4.02. The van der Waals surface area contributed by atoms with Crippen molar-refractivity contribution in [3.8, 4) is 0 Å². The van der Waals surface area contributed by atoms with Crippen LogP contribution in [0.4, 0.5) is 4.79 Å². The lowest BCUT2D eigenvalue weighted by atomic mass is 9.75. The van der Waals surface area contributed by atoms with Gasteiger partial charge in [-0.25, -0.2) is 9.59 Å². The molecule has 1 rings (SSSR count). The molecule has 2 amide bonds. The zero-order valence-corrected chi connectivity index (χ0v) is 12.6. The van der Waals surface area contributed by atoms with E-state index in [9.17, 15) is 9.59 Å². The molecule has 0 aromatic heterocycles. The van der Waals surface area contributed by atoms with Crippen LogP contribution in [0.3, 0.4) is 0 Å². The minimum atomic E-state index is -1.11. The molecule has 0 bridgehead atoms. The number of nitrogens with zero attached hydrogens (tertiary/aromatic N) is 1. The first-order valence-electron chi connectivity index (χ1n) is 7.14. The molecule has 0 spiro atoms. The second-order valence-corrected chi connectivity index (χ2v) is 6.48. The van der Waals surface area contributed by atoms with Gasteiger partial charge < -0.3 is 20.4 Å². The number of piperidine rings is 1. The fourth-order valence-electron chi connectivity index (χ4n) is 2.58. The molecular weight excluding hydrogens is 260 g/mol. The Morgan fingerprint density at radius 2 is 1.85 bits per heavy atom. The maximum absolute atomic E-state index is 12.0. The maximum Gasteiger partial charge on any atom is 0.326 e. The summed E-state index contributed by atoms with van der Waals surface area (Å²) < 4.78 is 0. The van der Waals surface area contributed by atoms with Crippen molar-refractivity contribution in [2.75, 3.05) is 19.7 Å². The molecule has 1 fully saturated rings. The summed E-state index contributed by atoms with van der Waals surface area (Å²) in [6, 6.07) is -1.37. The van der Waals surface area contributed by atoms with Crippen molar-refractivity contribution >= 4 is 12.0 Å². The molecule has 3 N–H and O–H groups in total. The number of hydrogen-bond donors (Lipinski definition) is 3. The predicted octanol–water partition coefficient (Wildman–Crippen LogP) is 1.29. The Kier molecular flexibility index (Phi) is 5.80. The summed E-state index contributed by atoms with van der Waals surface area (Å²) in [6.07, 6.45) is 1.91. The van der Waals surface area contributed by atoms with Gasteiger partial charge in [-0.1, -0.05) is 20.8 Å². The lowest BCUT2D eigenvalue weighted by Gasteiger charge is -2.39. The van der Waals surface area contributed by atoms with Crippen LogP contribution in [0.2, 0.25) is 0 Å². The van der Waals surface area contributed by atoms with Crippen LogP contribution >= 0.6 is 0 Å². The molecule has 1 aliphatic rings. The van der Waals surface area contributed by atoms with Crippen LogP contribution in [0.15, 0.2) is 0 Å². The van der Waals surface area contributed by atoms with Crippen molar-refractivity contribution in [1.29, 1.82) is 0 Å². The number of rotatable bonds is 4. The van der Waals surface area contributed by atoms with Gasteiger partial charge in [0, 0.05) is 26.1 Å². The van der Waals surface area contributed by atoms with E-state index in [0.29, 0.717) is 19.0 Å². The van der Waals surface area contributed by atoms with E-state index in [1.165, 1.54) is 0 Å². The molecule has 0 aromatic rings. The zero-order valence-electron chi connectivity index (χ0n) is 12.6. The van der Waals surface area contributed by atoms with E-state index in [4.69, 9.17) is 10.2 Å². The maximum atomic E-state index is 12.0. The normalized spacial score (nSPS) is 18.7. The van der Waals surface area contributed by atoms with E-state index < -0.39 is 12.0 Å². The van der Waals surface area contributed by atoms with Crippen LogP contribution < -0.4 is 5.32 Å². The van der Waals surface area contributed by atoms with E-state index in [-0.39, 0.29) is 24.5 Å². The highest BCUT2D eigenvalue weighted by Crippen LogP contribution is 2.34. The van der Waals surface area contributed by atoms with Gasteiger partial charge in [0.25, 0.3) is 0 Å². The molecule has 1 atom stereocenters. The SMILES string of the molecule is CC(C)(C)C1CCN(C(=O)N[C@H](CCO)C(=O)O)CC1. The number of likely N-dealkylation sites (tertiary alicyclic amines) is 1. The molecule has 1 aliphatic heterocycles. The number of aliphatic carboxylic acids is 1. The zero-order chi connectivity index (χ0) is 15.3. The standard InChI is InChI=1S/C14H26N2O4/c1-14(2,3)10-4-7-16(8-5-10)13(20)15-11(6-9-17)12(18)19/h10-11,17H,4-9H2,1-3H3,(H,15,20)(H,18,19)/t11-/m1/s1. The summed E-state index contributed by atoms with van der Waals surface area (Å²) in [4.78, 5) is 24.6. The number of hydrogen-bond acceptors (Lipinski definition) is 3. The van der Waals surface area contributed by atoms with E-state index in [2.05, 4.69) is 26.1 Å². The van der Waals surface area contributed by atoms with Crippen molar-refractivity contribution in [3.05, 3.63) is 0 Å². The van der Waals surface area contributed by atoms with Crippen molar-refractivity contribution in [1.82, 2.24) is 10.2 Å². The summed E-state index contributed by atoms with van der Waals surface area (Å²) in [5, 5.41) is 20.2. The Balaban J connectivity index is 2.48. The monoisotopic (exact) mass is 286 g/mol. The van der Waals surface area contributed by atoms with Crippen LogP contribution in [0, 0.1) is 11.3 Å². The fourth-order valence-corrected chi connectivity index (χ4v) is 2.58. The van der Waals surface area contributed by atoms with Crippen molar-refractivity contribution < 1.29 is 19.8 Å². The third kappa shape index (κ3) is 4.67. The lowest BCUT2D eigenvalue weighted by molar-refractivity contribution is -0.139. The first-order valence-corrected chi connectivity index (χ1v) is 7.14. The number of amides is 2. The van der Waals surface area contributed by atoms with Gasteiger partial charge in [-0.05, 0) is 24.2 Å². The molecule has 0 aromatic carbocycles. The first-order chi connectivity index (χ1) is 9.25. The molecule has 0 radical (unpaired) electrons. The van der Waals surface area contributed by atoms with Crippen molar-refractivity contribution in [2.24, 2.45) is 11.3 Å². The van der Waals surface area contributed by atoms with Gasteiger partial charge in [-0.2, -0.15) is 0 Å². The number of carboxylic acids is 1. The summed E-state index contributed by atoms with van der Waals surface area (Å²) in [5.74, 6) is -0.531. The van der Waals surface area contributed by atoms with Gasteiger partial charge in [0.1, 0.15) is 6.04 Å². The average Bonchev–Trinajstić information content (AvgIpc) is 2.37. The molecule has 6 nitrogen and oxygen atoms in total. The first kappa shape index (κ1) is 16.8. The minimum Gasteiger partial charge on any atom is -0.480 e. The van der Waals surface area contributed by atoms with Crippen LogP contribution in [0.25, 0.3) is 0 Å². The molecule has 116 valence electrons. The molecule has 0 aliphatic carbocycles. The van der Waals surface area contributed by atoms with Gasteiger partial charge in [0.2, 0.25) is 0 Å². The van der Waals surface area contributed by atoms with Crippen LogP contribution in [0.1, 0.15) is 40.0 Å². The smallest absolute Gasteiger partial charge is 0.326 e. The quantitative estimate of drug-likeness (QED) is 0.726. The topological polar surface area (TPSA) is 89.9 Å². The van der Waals surface area contributed by atoms with Gasteiger partial charge in [0.15, 0.2) is 0 Å². The number of aliphatic hydroxyl groups is 1. The van der Waals surface area contributed by atoms with E-state index in [0.717, 1.165) is 12.8 Å². The predicted molar refractivity (Wildman–Crippen MR) is 75.4 cm³/mol. The molecule has 20 heavy (non-hydrogen) atoms. The summed E-state index contributed by atoms with van der Waals surface area (Å²) in [6.45, 7) is 7.65. The van der Waals surface area contributed by atoms with Crippen molar-refractivity contribution in [3.63, 3.8) is 0 Å². The largest absolute Gasteiger partial charge is 0.480 e. The lowest BCUT2D eigenvalue weighted by Crippen LogP contribution is -2.51. The van der Waals surface area contributed by atoms with Gasteiger partial charge >= 0.3 is 12.0 Å². The number of urea groups is 1. The number of carbonyl (C=O) groups excluding carboxylic acids is 1. The van der Waals surface area contributed by atoms with Crippen molar-refractivity contribution in [2.45, 2.75) is 46.1 Å². The summed E-state index contributed by atoms with van der Waals surface area (Å²) in [7, 11) is 0. The Morgan fingerprint density at radius 3 is 2.25 bits per heavy atom. The molecule has 1 heterocycles. The fraction of sp³-hybridized carbons (Fsp3) is 0.857. The highest BCUT2D eigenvalue weighted by Gasteiger charge is 2.31. The summed E-state index contributed by atoms with van der Waals surface area (Å²) in [5.41, 5.74) is 0.239. The molecule has 6 heteroatoms. The third-order valence-electron chi connectivity index (χ3n) is 4.02. The minimum absolute atomic E-state index is 0.0273. The Bertz CT molecular complexity index is 344. The second kappa shape index (κ2) is 6.92. The molecule has 0 unspecified atom stereocenters. The van der Waals surface area contributed by atoms with E-state index in [1.54, 1.807) is 4.90 Å². The van der Waals surface area contributed by atoms with Crippen LogP contribution in [-0.4, -0.2) is 52.9 Å². The second-order valence-electron chi connectivity index (χ2n) is 6.48. The molecule has 0 saturated carbocycles. The van der Waals surface area contributed by atoms with E-state index in [1.807, 2.05) is 0 Å². The van der Waals surface area contributed by atoms with Gasteiger partial charge in [0.05, 0.1) is 0 Å². The van der Waals surface area contributed by atoms with E-state index >= 15 is 0 Å². The van der Waals surface area contributed by atoms with Crippen LogP contribution in [0.5, 0.6) is 0 Å².